The van der Waals surface area contributed by atoms with Crippen LogP contribution in [-0.2, 0) is 31.8 Å². The lowest BCUT2D eigenvalue weighted by atomic mass is 10.0. The van der Waals surface area contributed by atoms with E-state index in [1.54, 1.807) is 24.6 Å². The fourth-order valence-electron chi connectivity index (χ4n) is 5.55. The number of hydrogen-bond donors (Lipinski definition) is 2. The zero-order valence-electron chi connectivity index (χ0n) is 28.4. The summed E-state index contributed by atoms with van der Waals surface area (Å²) in [5.74, 6) is -0.508. The maximum Gasteiger partial charge on any atom is 0.267 e. The van der Waals surface area contributed by atoms with Crippen LogP contribution in [-0.4, -0.2) is 103 Å². The number of hydrogen-bond acceptors (Lipinski definition) is 11. The van der Waals surface area contributed by atoms with Crippen molar-refractivity contribution in [3.63, 3.8) is 0 Å². The molecule has 0 saturated carbocycles. The third-order valence-electron chi connectivity index (χ3n) is 8.33. The quantitative estimate of drug-likeness (QED) is 0.333. The minimum atomic E-state index is -4.12. The molecule has 17 heteroatoms. The van der Waals surface area contributed by atoms with E-state index in [4.69, 9.17) is 14.0 Å². The summed E-state index contributed by atoms with van der Waals surface area (Å²) in [5, 5.41) is 13.9. The lowest BCUT2D eigenvalue weighted by Crippen LogP contribution is -2.48. The number of sulfonamides is 2. The highest BCUT2D eigenvalue weighted by atomic mass is 32.2. The molecule has 48 heavy (non-hydrogen) atoms. The van der Waals surface area contributed by atoms with Gasteiger partial charge in [0.25, 0.3) is 26.0 Å². The van der Waals surface area contributed by atoms with Crippen molar-refractivity contribution in [2.24, 2.45) is 13.0 Å². The number of benzene rings is 1. The lowest BCUT2D eigenvalue weighted by molar-refractivity contribution is -0.00835. The number of carbonyl (C=O) groups is 1. The first-order chi connectivity index (χ1) is 22.5. The normalized spacial score (nSPS) is 21.0. The molecule has 4 rings (SSSR count). The van der Waals surface area contributed by atoms with Crippen LogP contribution in [0.25, 0.3) is 0 Å². The zero-order chi connectivity index (χ0) is 35.4. The number of aryl methyl sites for hydroxylation is 3. The molecule has 15 nitrogen and oxygen atoms in total. The average Bonchev–Trinajstić information content (AvgIpc) is 3.63. The number of aliphatic hydroxyl groups is 1. The number of carbonyl (C=O) groups excluding carboxylic acids is 1. The molecule has 0 saturated heterocycles. The Morgan fingerprint density at radius 3 is 2.52 bits per heavy atom. The highest BCUT2D eigenvalue weighted by Crippen LogP contribution is 2.30. The molecule has 4 atom stereocenters. The Morgan fingerprint density at radius 1 is 1.17 bits per heavy atom. The first-order valence-electron chi connectivity index (χ1n) is 15.8. The second-order valence-electron chi connectivity index (χ2n) is 12.4. The first kappa shape index (κ1) is 37.3. The van der Waals surface area contributed by atoms with Gasteiger partial charge < -0.3 is 28.6 Å². The first-order valence-corrected chi connectivity index (χ1v) is 18.7. The number of amides is 1. The Balaban J connectivity index is 1.69. The largest absolute Gasteiger partial charge is 0.490 e. The van der Waals surface area contributed by atoms with E-state index < -0.39 is 44.0 Å². The maximum absolute atomic E-state index is 14.4. The highest BCUT2D eigenvalue weighted by molar-refractivity contribution is 7.92. The van der Waals surface area contributed by atoms with Crippen molar-refractivity contribution in [2.45, 2.75) is 82.1 Å². The minimum absolute atomic E-state index is 0.000653. The van der Waals surface area contributed by atoms with Gasteiger partial charge in [-0.3, -0.25) is 9.52 Å². The van der Waals surface area contributed by atoms with Gasteiger partial charge in [0, 0.05) is 51.6 Å². The topological polar surface area (TPSA) is 186 Å². The molecule has 0 aliphatic carbocycles. The Labute approximate surface area is 282 Å². The van der Waals surface area contributed by atoms with Gasteiger partial charge in [0.05, 0.1) is 36.7 Å². The number of likely N-dealkylation sites (N-methyl/N-ethyl adjacent to an activating group) is 1. The fourth-order valence-corrected chi connectivity index (χ4v) is 8.07. The van der Waals surface area contributed by atoms with Crippen molar-refractivity contribution in [1.82, 2.24) is 23.9 Å². The monoisotopic (exact) mass is 710 g/mol. The molecule has 266 valence electrons. The summed E-state index contributed by atoms with van der Waals surface area (Å²) in [4.78, 5) is 19.8. The van der Waals surface area contributed by atoms with Crippen molar-refractivity contribution < 1.29 is 40.7 Å². The van der Waals surface area contributed by atoms with Crippen LogP contribution >= 0.6 is 0 Å². The van der Waals surface area contributed by atoms with Gasteiger partial charge in [-0.15, -0.1) is 0 Å². The lowest BCUT2D eigenvalue weighted by Gasteiger charge is -2.35. The SMILES string of the molecule is Cc1noc(C)c1S(=O)(=O)Nc1ccc2c(c1)C(=O)N([C@@H](C)CO)C[C@@H](C)[C@@H](CN(C)S(=O)(=O)c1cn(C)cn1)OCCCC[C@@H](C)O2. The van der Waals surface area contributed by atoms with Crippen LogP contribution in [0.3, 0.4) is 0 Å². The number of aromatic nitrogens is 3. The summed E-state index contributed by atoms with van der Waals surface area (Å²) in [6.07, 6.45) is 4.02. The summed E-state index contributed by atoms with van der Waals surface area (Å²) < 4.78 is 76.0. The summed E-state index contributed by atoms with van der Waals surface area (Å²) >= 11 is 0. The van der Waals surface area contributed by atoms with E-state index in [2.05, 4.69) is 14.9 Å². The number of nitrogens with one attached hydrogen (secondary N) is 1. The fraction of sp³-hybridized carbons (Fsp3) is 0.581. The standard InChI is InChI=1S/C31H46N6O9S2/c1-20-15-37(21(2)18-38)31(39)26-14-25(34-47(40,41)30-23(4)33-46-24(30)5)11-12-27(26)45-22(3)10-8-9-13-44-28(20)16-36(7)48(42,43)29-17-35(6)19-32-29/h11-12,14,17,19-22,28,34,38H,8-10,13,15-16,18H2,1-7H3/t20-,21+,22-,28-/m1/s1. The summed E-state index contributed by atoms with van der Waals surface area (Å²) in [6, 6.07) is 3.82. The number of fused-ring (bicyclic) bond motifs is 1. The second kappa shape index (κ2) is 15.4. The number of ether oxygens (including phenoxy) is 2. The molecule has 3 aromatic rings. The molecule has 2 aromatic heterocycles. The van der Waals surface area contributed by atoms with Crippen LogP contribution in [0.4, 0.5) is 5.69 Å². The van der Waals surface area contributed by atoms with Crippen LogP contribution in [0.5, 0.6) is 5.75 Å². The van der Waals surface area contributed by atoms with Crippen molar-refractivity contribution in [3.05, 3.63) is 47.7 Å². The molecule has 0 unspecified atom stereocenters. The van der Waals surface area contributed by atoms with Crippen LogP contribution < -0.4 is 9.46 Å². The van der Waals surface area contributed by atoms with E-state index in [0.717, 1.165) is 6.42 Å². The molecular formula is C31H46N6O9S2. The number of anilines is 1. The molecule has 3 heterocycles. The highest BCUT2D eigenvalue weighted by Gasteiger charge is 2.33. The van der Waals surface area contributed by atoms with Crippen LogP contribution in [0.2, 0.25) is 0 Å². The Morgan fingerprint density at radius 2 is 1.90 bits per heavy atom. The molecule has 0 radical (unpaired) electrons. The van der Waals surface area contributed by atoms with E-state index >= 15 is 0 Å². The van der Waals surface area contributed by atoms with Crippen molar-refractivity contribution >= 4 is 31.6 Å². The predicted octanol–water partition coefficient (Wildman–Crippen LogP) is 2.94. The number of rotatable bonds is 9. The Bertz CT molecular complexity index is 1770. The zero-order valence-corrected chi connectivity index (χ0v) is 30.0. The van der Waals surface area contributed by atoms with Gasteiger partial charge in [-0.2, -0.15) is 4.31 Å². The number of imidazole rings is 1. The molecule has 0 spiro atoms. The summed E-state index contributed by atoms with van der Waals surface area (Å²) in [7, 11) is -4.89. The van der Waals surface area contributed by atoms with Gasteiger partial charge in [0.15, 0.2) is 15.7 Å². The van der Waals surface area contributed by atoms with E-state index in [1.807, 2.05) is 13.8 Å². The van der Waals surface area contributed by atoms with Crippen LogP contribution in [0.15, 0.2) is 45.2 Å². The Kier molecular flexibility index (Phi) is 11.9. The van der Waals surface area contributed by atoms with Gasteiger partial charge in [-0.1, -0.05) is 12.1 Å². The molecule has 0 fully saturated rings. The second-order valence-corrected chi connectivity index (χ2v) is 16.0. The van der Waals surface area contributed by atoms with Crippen LogP contribution in [0.1, 0.15) is 61.8 Å². The Hall–Kier alpha value is -3.51. The third kappa shape index (κ3) is 8.55. The molecule has 0 bridgehead atoms. The summed E-state index contributed by atoms with van der Waals surface area (Å²) in [6.45, 7) is 8.54. The smallest absolute Gasteiger partial charge is 0.267 e. The maximum atomic E-state index is 14.4. The number of aliphatic hydroxyl groups excluding tert-OH is 1. The molecule has 1 amide bonds. The van der Waals surface area contributed by atoms with E-state index in [0.29, 0.717) is 19.4 Å². The van der Waals surface area contributed by atoms with E-state index in [9.17, 15) is 26.7 Å². The molecule has 1 aromatic carbocycles. The van der Waals surface area contributed by atoms with Crippen molar-refractivity contribution in [1.29, 1.82) is 0 Å². The van der Waals surface area contributed by atoms with Gasteiger partial charge in [-0.05, 0) is 65.2 Å². The van der Waals surface area contributed by atoms with Gasteiger partial charge >= 0.3 is 0 Å². The van der Waals surface area contributed by atoms with Crippen molar-refractivity contribution in [2.75, 3.05) is 38.1 Å². The molecular weight excluding hydrogens is 665 g/mol. The van der Waals surface area contributed by atoms with E-state index in [-0.39, 0.29) is 64.2 Å². The number of nitrogens with zero attached hydrogens (tertiary/aromatic N) is 5. The average molecular weight is 711 g/mol. The van der Waals surface area contributed by atoms with Crippen LogP contribution in [0, 0.1) is 19.8 Å². The molecule has 1 aliphatic heterocycles. The van der Waals surface area contributed by atoms with E-state index in [1.165, 1.54) is 54.8 Å². The van der Waals surface area contributed by atoms with Gasteiger partial charge in [0.1, 0.15) is 11.4 Å². The third-order valence-corrected chi connectivity index (χ3v) is 11.7. The van der Waals surface area contributed by atoms with Gasteiger partial charge in [-0.25, -0.2) is 21.8 Å². The van der Waals surface area contributed by atoms with Crippen molar-refractivity contribution in [3.8, 4) is 5.75 Å². The minimum Gasteiger partial charge on any atom is -0.490 e. The molecule has 2 N–H and O–H groups in total. The molecule has 1 aliphatic rings. The summed E-state index contributed by atoms with van der Waals surface area (Å²) in [5.41, 5.74) is 0.406. The predicted molar refractivity (Wildman–Crippen MR) is 177 cm³/mol. The van der Waals surface area contributed by atoms with Gasteiger partial charge in [0.2, 0.25) is 0 Å².